The molecule has 1 N–H and O–H groups in total. The quantitative estimate of drug-likeness (QED) is 0.269. The summed E-state index contributed by atoms with van der Waals surface area (Å²) < 4.78 is 8.94. The van der Waals surface area contributed by atoms with E-state index in [1.807, 2.05) is 97.2 Å². The number of hydrogen-bond acceptors (Lipinski definition) is 6. The summed E-state index contributed by atoms with van der Waals surface area (Å²) in [5, 5.41) is 6.67. The maximum atomic E-state index is 14.3. The third-order valence-electron chi connectivity index (χ3n) is 7.29. The third kappa shape index (κ3) is 3.45. The van der Waals surface area contributed by atoms with Gasteiger partial charge in [-0.05, 0) is 36.4 Å². The van der Waals surface area contributed by atoms with E-state index in [0.717, 1.165) is 27.4 Å². The maximum Gasteiger partial charge on any atom is 0.271 e. The SMILES string of the molecule is CC(=O)c1nn(-c2ccccc2)c2nc3nc(-c4cc5ccccc5o4)cc(-c4c[nH]c5ccccc45)c3c(=O)n12. The van der Waals surface area contributed by atoms with Gasteiger partial charge in [0, 0.05) is 40.5 Å². The summed E-state index contributed by atoms with van der Waals surface area (Å²) in [6.45, 7) is 1.39. The van der Waals surface area contributed by atoms with Crippen LogP contribution in [-0.2, 0) is 0 Å². The number of ketones is 1. The van der Waals surface area contributed by atoms with Crippen LogP contribution in [0.15, 0.2) is 106 Å². The van der Waals surface area contributed by atoms with Crippen molar-refractivity contribution in [3.8, 4) is 28.3 Å². The monoisotopic (exact) mass is 536 g/mol. The fraction of sp³-hybridized carbons (Fsp3) is 0.0312. The summed E-state index contributed by atoms with van der Waals surface area (Å²) in [5.41, 5.74) is 4.07. The van der Waals surface area contributed by atoms with Crippen molar-refractivity contribution in [2.45, 2.75) is 6.92 Å². The second-order valence-electron chi connectivity index (χ2n) is 9.83. The molecule has 9 heteroatoms. The van der Waals surface area contributed by atoms with Gasteiger partial charge in [-0.1, -0.05) is 54.6 Å². The molecule has 5 heterocycles. The number of carbonyl (C=O) groups is 1. The first kappa shape index (κ1) is 23.1. The van der Waals surface area contributed by atoms with Crippen LogP contribution in [0.4, 0.5) is 0 Å². The van der Waals surface area contributed by atoms with Crippen LogP contribution in [0.1, 0.15) is 17.5 Å². The Morgan fingerprint density at radius 1 is 0.878 bits per heavy atom. The molecule has 196 valence electrons. The predicted octanol–water partition coefficient (Wildman–Crippen LogP) is 6.19. The lowest BCUT2D eigenvalue weighted by molar-refractivity contribution is 0.100. The van der Waals surface area contributed by atoms with Gasteiger partial charge in [-0.25, -0.2) is 9.38 Å². The van der Waals surface area contributed by atoms with Gasteiger partial charge in [-0.3, -0.25) is 9.59 Å². The number of hydrogen-bond donors (Lipinski definition) is 1. The Balaban J connectivity index is 1.52. The van der Waals surface area contributed by atoms with E-state index in [1.54, 1.807) is 0 Å². The normalized spacial score (nSPS) is 11.7. The largest absolute Gasteiger partial charge is 0.454 e. The van der Waals surface area contributed by atoms with Gasteiger partial charge in [0.1, 0.15) is 11.3 Å². The number of furan rings is 1. The number of fused-ring (bicyclic) bond motifs is 4. The van der Waals surface area contributed by atoms with Crippen molar-refractivity contribution < 1.29 is 9.21 Å². The molecule has 0 saturated heterocycles. The summed E-state index contributed by atoms with van der Waals surface area (Å²) in [6, 6.07) is 28.6. The molecular formula is C32H20N6O3. The van der Waals surface area contributed by atoms with E-state index in [1.165, 1.54) is 16.0 Å². The first-order valence-corrected chi connectivity index (χ1v) is 13.0. The van der Waals surface area contributed by atoms with E-state index < -0.39 is 5.56 Å². The number of Topliss-reactive ketones (excluding diaryl/α,β-unsaturated/α-hetero) is 1. The van der Waals surface area contributed by atoms with Crippen LogP contribution in [0.3, 0.4) is 0 Å². The van der Waals surface area contributed by atoms with E-state index in [2.05, 4.69) is 10.1 Å². The molecule has 9 nitrogen and oxygen atoms in total. The molecule has 3 aromatic carbocycles. The number of aromatic nitrogens is 6. The van der Waals surface area contributed by atoms with Crippen molar-refractivity contribution in [3.63, 3.8) is 0 Å². The summed E-state index contributed by atoms with van der Waals surface area (Å²) in [7, 11) is 0. The number of aromatic amines is 1. The number of H-pyrrole nitrogens is 1. The molecule has 0 unspecified atom stereocenters. The molecule has 0 fully saturated rings. The lowest BCUT2D eigenvalue weighted by atomic mass is 10.0. The van der Waals surface area contributed by atoms with Crippen molar-refractivity contribution in [2.75, 3.05) is 0 Å². The first-order valence-electron chi connectivity index (χ1n) is 13.0. The molecule has 8 aromatic rings. The van der Waals surface area contributed by atoms with Gasteiger partial charge in [0.15, 0.2) is 17.2 Å². The van der Waals surface area contributed by atoms with Crippen molar-refractivity contribution >= 4 is 44.5 Å². The molecule has 0 aliphatic heterocycles. The fourth-order valence-corrected chi connectivity index (χ4v) is 5.40. The predicted molar refractivity (Wildman–Crippen MR) is 156 cm³/mol. The zero-order valence-electron chi connectivity index (χ0n) is 21.7. The molecule has 5 aromatic heterocycles. The van der Waals surface area contributed by atoms with E-state index >= 15 is 0 Å². The zero-order valence-corrected chi connectivity index (χ0v) is 21.7. The van der Waals surface area contributed by atoms with Gasteiger partial charge in [-0.2, -0.15) is 9.67 Å². The number of benzene rings is 3. The fourth-order valence-electron chi connectivity index (χ4n) is 5.40. The van der Waals surface area contributed by atoms with Crippen molar-refractivity contribution in [2.24, 2.45) is 0 Å². The van der Waals surface area contributed by atoms with Crippen LogP contribution in [0.5, 0.6) is 0 Å². The molecule has 0 bridgehead atoms. The van der Waals surface area contributed by atoms with Gasteiger partial charge in [0.05, 0.1) is 11.1 Å². The standard InChI is InChI=1S/C32H20N6O3/c1-18(39)30-36-38(20-10-3-2-4-11-20)32-35-29-28(31(40)37(30)32)22(23-17-33-24-13-7-6-12-21(23)24)16-25(34-29)27-15-19-9-5-8-14-26(19)41-27/h2-17,33H,1H3. The van der Waals surface area contributed by atoms with E-state index in [9.17, 15) is 9.59 Å². The van der Waals surface area contributed by atoms with Crippen molar-refractivity contribution in [1.29, 1.82) is 0 Å². The Kier molecular flexibility index (Phi) is 4.84. The minimum atomic E-state index is -0.429. The third-order valence-corrected chi connectivity index (χ3v) is 7.29. The number of carbonyl (C=O) groups excluding carboxylic acids is 1. The van der Waals surface area contributed by atoms with Crippen LogP contribution in [-0.4, -0.2) is 34.9 Å². The summed E-state index contributed by atoms with van der Waals surface area (Å²) >= 11 is 0. The molecule has 0 aliphatic rings. The Bertz CT molecular complexity index is 2340. The molecule has 0 saturated carbocycles. The summed E-state index contributed by atoms with van der Waals surface area (Å²) in [6.07, 6.45) is 1.87. The van der Waals surface area contributed by atoms with E-state index in [-0.39, 0.29) is 28.4 Å². The minimum Gasteiger partial charge on any atom is -0.454 e. The maximum absolute atomic E-state index is 14.3. The van der Waals surface area contributed by atoms with Gasteiger partial charge < -0.3 is 9.40 Å². The smallest absolute Gasteiger partial charge is 0.271 e. The average Bonchev–Trinajstić information content (AvgIpc) is 3.72. The minimum absolute atomic E-state index is 0.00510. The highest BCUT2D eigenvalue weighted by Gasteiger charge is 2.24. The van der Waals surface area contributed by atoms with Gasteiger partial charge in [0.25, 0.3) is 5.56 Å². The Morgan fingerprint density at radius 2 is 1.66 bits per heavy atom. The van der Waals surface area contributed by atoms with Gasteiger partial charge in [0.2, 0.25) is 11.6 Å². The van der Waals surface area contributed by atoms with Gasteiger partial charge >= 0.3 is 0 Å². The van der Waals surface area contributed by atoms with Crippen LogP contribution < -0.4 is 5.56 Å². The number of para-hydroxylation sites is 3. The molecule has 0 aliphatic carbocycles. The molecule has 41 heavy (non-hydrogen) atoms. The van der Waals surface area contributed by atoms with Crippen LogP contribution in [0.2, 0.25) is 0 Å². The second kappa shape index (κ2) is 8.59. The Hall–Kier alpha value is -5.83. The first-order chi connectivity index (χ1) is 20.1. The van der Waals surface area contributed by atoms with E-state index in [4.69, 9.17) is 14.4 Å². The highest BCUT2D eigenvalue weighted by Crippen LogP contribution is 2.36. The summed E-state index contributed by atoms with van der Waals surface area (Å²) in [5.74, 6) is 0.387. The average molecular weight is 537 g/mol. The number of nitrogens with one attached hydrogen (secondary N) is 1. The molecule has 0 radical (unpaired) electrons. The topological polar surface area (TPSA) is 111 Å². The highest BCUT2D eigenvalue weighted by atomic mass is 16.3. The second-order valence-corrected chi connectivity index (χ2v) is 9.83. The van der Waals surface area contributed by atoms with Crippen molar-refractivity contribution in [1.82, 2.24) is 29.1 Å². The van der Waals surface area contributed by atoms with Crippen LogP contribution >= 0.6 is 0 Å². The molecule has 8 rings (SSSR count). The lowest BCUT2D eigenvalue weighted by Crippen LogP contribution is -2.20. The summed E-state index contributed by atoms with van der Waals surface area (Å²) in [4.78, 5) is 40.0. The number of pyridine rings is 1. The Labute approximate surface area is 231 Å². The lowest BCUT2D eigenvalue weighted by Gasteiger charge is -2.09. The molecule has 0 spiro atoms. The highest BCUT2D eigenvalue weighted by molar-refractivity contribution is 6.04. The Morgan fingerprint density at radius 3 is 2.49 bits per heavy atom. The zero-order chi connectivity index (χ0) is 27.7. The molecule has 0 atom stereocenters. The molecular weight excluding hydrogens is 516 g/mol. The van der Waals surface area contributed by atoms with Crippen LogP contribution in [0, 0.1) is 0 Å². The van der Waals surface area contributed by atoms with Crippen molar-refractivity contribution in [3.05, 3.63) is 113 Å². The molecule has 0 amide bonds. The van der Waals surface area contributed by atoms with Gasteiger partial charge in [-0.15, -0.1) is 5.10 Å². The van der Waals surface area contributed by atoms with Crippen LogP contribution in [0.25, 0.3) is 67.0 Å². The number of rotatable bonds is 4. The number of nitrogens with zero attached hydrogens (tertiary/aromatic N) is 5. The van der Waals surface area contributed by atoms with E-state index in [0.29, 0.717) is 22.7 Å².